The van der Waals surface area contributed by atoms with Crippen molar-refractivity contribution in [2.24, 2.45) is 0 Å². The van der Waals surface area contributed by atoms with Crippen LogP contribution >= 0.6 is 11.8 Å². The second kappa shape index (κ2) is 9.31. The molecular formula is C21H21N3O3S. The summed E-state index contributed by atoms with van der Waals surface area (Å²) in [5.41, 5.74) is 2.07. The molecule has 3 amide bonds. The lowest BCUT2D eigenvalue weighted by Gasteiger charge is -2.21. The van der Waals surface area contributed by atoms with Crippen LogP contribution < -0.4 is 15.5 Å². The van der Waals surface area contributed by atoms with Crippen molar-refractivity contribution in [1.82, 2.24) is 5.32 Å². The largest absolute Gasteiger partial charge is 0.383 e. The van der Waals surface area contributed by atoms with E-state index in [4.69, 9.17) is 4.74 Å². The van der Waals surface area contributed by atoms with Crippen molar-refractivity contribution >= 4 is 35.1 Å². The van der Waals surface area contributed by atoms with Crippen LogP contribution in [0.25, 0.3) is 0 Å². The summed E-state index contributed by atoms with van der Waals surface area (Å²) in [7, 11) is 1.58. The summed E-state index contributed by atoms with van der Waals surface area (Å²) in [6.07, 6.45) is 0. The number of nitrogens with one attached hydrogen (secondary N) is 2. The van der Waals surface area contributed by atoms with Crippen LogP contribution in [0.15, 0.2) is 52.3 Å². The molecule has 1 aliphatic heterocycles. The Morgan fingerprint density at radius 1 is 1.21 bits per heavy atom. The smallest absolute Gasteiger partial charge is 0.319 e. The van der Waals surface area contributed by atoms with Crippen LogP contribution in [0.2, 0.25) is 0 Å². The molecule has 1 heterocycles. The molecule has 2 aromatic carbocycles. The molecule has 0 atom stereocenters. The highest BCUT2D eigenvalue weighted by molar-refractivity contribution is 7.99. The number of ether oxygens (including phenoxy) is 1. The quantitative estimate of drug-likeness (QED) is 0.600. The van der Waals surface area contributed by atoms with Crippen molar-refractivity contribution in [1.29, 1.82) is 0 Å². The van der Waals surface area contributed by atoms with Gasteiger partial charge in [-0.15, -0.1) is 5.92 Å². The number of urea groups is 1. The highest BCUT2D eigenvalue weighted by atomic mass is 32.2. The lowest BCUT2D eigenvalue weighted by Crippen LogP contribution is -2.32. The van der Waals surface area contributed by atoms with E-state index in [2.05, 4.69) is 22.5 Å². The zero-order chi connectivity index (χ0) is 19.9. The van der Waals surface area contributed by atoms with E-state index < -0.39 is 0 Å². The summed E-state index contributed by atoms with van der Waals surface area (Å²) >= 11 is 1.50. The third-order valence-corrected chi connectivity index (χ3v) is 5.22. The molecule has 7 heteroatoms. The Kier molecular flexibility index (Phi) is 6.58. The summed E-state index contributed by atoms with van der Waals surface area (Å²) in [4.78, 5) is 28.5. The zero-order valence-electron chi connectivity index (χ0n) is 15.7. The minimum absolute atomic E-state index is 0.0809. The molecule has 0 aromatic heterocycles. The summed E-state index contributed by atoms with van der Waals surface area (Å²) in [5, 5.41) is 5.53. The number of amides is 3. The number of carbonyl (C=O) groups is 2. The van der Waals surface area contributed by atoms with Gasteiger partial charge >= 0.3 is 6.03 Å². The number of nitrogens with zero attached hydrogens (tertiary/aromatic N) is 1. The van der Waals surface area contributed by atoms with Gasteiger partial charge in [0.2, 0.25) is 0 Å². The van der Waals surface area contributed by atoms with Gasteiger partial charge in [0.1, 0.15) is 0 Å². The normalized spacial score (nSPS) is 12.2. The third-order valence-electron chi connectivity index (χ3n) is 4.10. The fraction of sp³-hybridized carbons (Fsp3) is 0.238. The number of carbonyl (C=O) groups excluding carboxylic acids is 2. The first kappa shape index (κ1) is 19.8. The molecule has 0 bridgehead atoms. The Bertz CT molecular complexity index is 949. The average molecular weight is 395 g/mol. The van der Waals surface area contributed by atoms with Crippen molar-refractivity contribution in [2.45, 2.75) is 16.7 Å². The van der Waals surface area contributed by atoms with E-state index in [1.807, 2.05) is 36.4 Å². The van der Waals surface area contributed by atoms with Crippen LogP contribution in [0.4, 0.5) is 16.2 Å². The molecule has 0 saturated heterocycles. The van der Waals surface area contributed by atoms with E-state index in [1.165, 1.54) is 11.8 Å². The summed E-state index contributed by atoms with van der Waals surface area (Å²) in [5.74, 6) is 5.74. The number of rotatable bonds is 5. The lowest BCUT2D eigenvalue weighted by molar-refractivity contribution is 0.0987. The van der Waals surface area contributed by atoms with Crippen LogP contribution in [-0.2, 0) is 4.74 Å². The van der Waals surface area contributed by atoms with E-state index >= 15 is 0 Å². The molecule has 144 valence electrons. The van der Waals surface area contributed by atoms with Gasteiger partial charge in [0, 0.05) is 29.1 Å². The molecule has 6 nitrogen and oxygen atoms in total. The maximum absolute atomic E-state index is 13.1. The number of hydrogen-bond donors (Lipinski definition) is 2. The number of benzene rings is 2. The average Bonchev–Trinajstić information content (AvgIpc) is 2.80. The summed E-state index contributed by atoms with van der Waals surface area (Å²) in [6.45, 7) is 2.93. The SMILES string of the molecule is CC#CCN1C(=O)c2ccccc2Sc2cc(NC(=O)NCCOC)ccc21. The molecule has 0 saturated carbocycles. The molecule has 28 heavy (non-hydrogen) atoms. The second-order valence-corrected chi connectivity index (χ2v) is 7.06. The van der Waals surface area contributed by atoms with Gasteiger partial charge < -0.3 is 15.4 Å². The van der Waals surface area contributed by atoms with Crippen LogP contribution in [0.5, 0.6) is 0 Å². The molecule has 2 N–H and O–H groups in total. The van der Waals surface area contributed by atoms with E-state index in [-0.39, 0.29) is 11.9 Å². The van der Waals surface area contributed by atoms with Gasteiger partial charge in [-0.3, -0.25) is 9.69 Å². The van der Waals surface area contributed by atoms with E-state index in [9.17, 15) is 9.59 Å². The molecule has 0 aliphatic carbocycles. The van der Waals surface area contributed by atoms with Gasteiger partial charge in [0.05, 0.1) is 24.4 Å². The molecule has 3 rings (SSSR count). The topological polar surface area (TPSA) is 70.7 Å². The highest BCUT2D eigenvalue weighted by Gasteiger charge is 2.26. The predicted octanol–water partition coefficient (Wildman–Crippen LogP) is 3.59. The lowest BCUT2D eigenvalue weighted by atomic mass is 10.1. The first-order chi connectivity index (χ1) is 13.6. The van der Waals surface area contributed by atoms with Crippen LogP contribution in [0.3, 0.4) is 0 Å². The fourth-order valence-electron chi connectivity index (χ4n) is 2.76. The molecule has 1 aliphatic rings. The summed E-state index contributed by atoms with van der Waals surface area (Å²) in [6, 6.07) is 12.7. The molecule has 0 radical (unpaired) electrons. The van der Waals surface area contributed by atoms with Crippen LogP contribution in [0, 0.1) is 11.8 Å². The zero-order valence-corrected chi connectivity index (χ0v) is 16.6. The number of methoxy groups -OCH3 is 1. The number of fused-ring (bicyclic) bond motifs is 2. The van der Waals surface area contributed by atoms with E-state index in [0.29, 0.717) is 30.9 Å². The number of hydrogen-bond acceptors (Lipinski definition) is 4. The maximum Gasteiger partial charge on any atom is 0.319 e. The summed E-state index contributed by atoms with van der Waals surface area (Å²) < 4.78 is 4.92. The van der Waals surface area contributed by atoms with Crippen molar-refractivity contribution < 1.29 is 14.3 Å². The Balaban J connectivity index is 1.92. The van der Waals surface area contributed by atoms with Gasteiger partial charge in [0.15, 0.2) is 0 Å². The molecular weight excluding hydrogens is 374 g/mol. The Morgan fingerprint density at radius 3 is 2.82 bits per heavy atom. The molecule has 2 aromatic rings. The van der Waals surface area contributed by atoms with Crippen molar-refractivity contribution in [2.75, 3.05) is 37.0 Å². The Hall–Kier alpha value is -2.95. The first-order valence-electron chi connectivity index (χ1n) is 8.80. The molecule has 0 unspecified atom stereocenters. The Morgan fingerprint density at radius 2 is 2.04 bits per heavy atom. The van der Waals surface area contributed by atoms with E-state index in [0.717, 1.165) is 15.5 Å². The fourth-order valence-corrected chi connectivity index (χ4v) is 3.88. The predicted molar refractivity (Wildman–Crippen MR) is 111 cm³/mol. The van der Waals surface area contributed by atoms with Gasteiger partial charge in [-0.2, -0.15) is 0 Å². The van der Waals surface area contributed by atoms with Crippen molar-refractivity contribution in [3.63, 3.8) is 0 Å². The van der Waals surface area contributed by atoms with Crippen molar-refractivity contribution in [3.05, 3.63) is 48.0 Å². The minimum Gasteiger partial charge on any atom is -0.383 e. The van der Waals surface area contributed by atoms with E-state index in [1.54, 1.807) is 25.0 Å². The van der Waals surface area contributed by atoms with Gasteiger partial charge in [-0.1, -0.05) is 29.8 Å². The van der Waals surface area contributed by atoms with Crippen molar-refractivity contribution in [3.8, 4) is 11.8 Å². The monoisotopic (exact) mass is 395 g/mol. The van der Waals surface area contributed by atoms with Gasteiger partial charge in [0.25, 0.3) is 5.91 Å². The van der Waals surface area contributed by atoms with Crippen LogP contribution in [0.1, 0.15) is 17.3 Å². The minimum atomic E-state index is -0.305. The highest BCUT2D eigenvalue weighted by Crippen LogP contribution is 2.42. The van der Waals surface area contributed by atoms with Gasteiger partial charge in [-0.25, -0.2) is 4.79 Å². The number of anilines is 2. The first-order valence-corrected chi connectivity index (χ1v) is 9.62. The second-order valence-electron chi connectivity index (χ2n) is 5.97. The molecule has 0 spiro atoms. The Labute approximate surface area is 168 Å². The third kappa shape index (κ3) is 4.47. The standard InChI is InChI=1S/C21H21N3O3S/c1-3-4-12-24-17-10-9-15(23-21(26)22-11-13-27-2)14-19(17)28-18-8-6-5-7-16(18)20(24)25/h5-10,14H,11-13H2,1-2H3,(H2,22,23,26). The van der Waals surface area contributed by atoms with Crippen LogP contribution in [-0.4, -0.2) is 38.7 Å². The maximum atomic E-state index is 13.1. The van der Waals surface area contributed by atoms with Gasteiger partial charge in [-0.05, 0) is 37.3 Å². The molecule has 0 fully saturated rings.